The zero-order valence-electron chi connectivity index (χ0n) is 12.5. The zero-order chi connectivity index (χ0) is 15.4. The van der Waals surface area contributed by atoms with Gasteiger partial charge in [0.2, 0.25) is 0 Å². The molecule has 0 bridgehead atoms. The topological polar surface area (TPSA) is 67.6 Å². The van der Waals surface area contributed by atoms with Crippen molar-refractivity contribution in [1.29, 1.82) is 0 Å². The van der Waals surface area contributed by atoms with Crippen LogP contribution < -0.4 is 15.8 Å². The predicted octanol–water partition coefficient (Wildman–Crippen LogP) is 1.60. The van der Waals surface area contributed by atoms with E-state index in [2.05, 4.69) is 11.9 Å². The first-order valence-electron chi connectivity index (χ1n) is 6.91. The second kappa shape index (κ2) is 6.45. The van der Waals surface area contributed by atoms with E-state index >= 15 is 0 Å². The van der Waals surface area contributed by atoms with Gasteiger partial charge in [-0.3, -0.25) is 4.79 Å². The van der Waals surface area contributed by atoms with Crippen molar-refractivity contribution in [3.05, 3.63) is 47.8 Å². The van der Waals surface area contributed by atoms with Gasteiger partial charge < -0.3 is 20.7 Å². The minimum atomic E-state index is -0.178. The molecule has 0 saturated heterocycles. The summed E-state index contributed by atoms with van der Waals surface area (Å²) in [7, 11) is 1.62. The summed E-state index contributed by atoms with van der Waals surface area (Å²) in [6, 6.07) is 5.89. The van der Waals surface area contributed by atoms with Gasteiger partial charge in [0.25, 0.3) is 5.91 Å². The average molecular weight is 287 g/mol. The smallest absolute Gasteiger partial charge is 0.251 e. The van der Waals surface area contributed by atoms with Gasteiger partial charge in [0, 0.05) is 18.2 Å². The summed E-state index contributed by atoms with van der Waals surface area (Å²) in [6.45, 7) is 7.20. The number of nitrogens with zero attached hydrogens (tertiary/aromatic N) is 1. The summed E-state index contributed by atoms with van der Waals surface area (Å²) < 4.78 is 5.42. The van der Waals surface area contributed by atoms with E-state index in [0.29, 0.717) is 18.9 Å². The molecule has 3 N–H and O–H groups in total. The zero-order valence-corrected chi connectivity index (χ0v) is 12.5. The Kier molecular flexibility index (Phi) is 4.65. The molecule has 0 atom stereocenters. The van der Waals surface area contributed by atoms with Crippen LogP contribution in [0, 0.1) is 6.92 Å². The molecule has 5 nitrogen and oxygen atoms in total. The Balaban J connectivity index is 2.48. The van der Waals surface area contributed by atoms with Crippen LogP contribution in [0.25, 0.3) is 5.70 Å². The summed E-state index contributed by atoms with van der Waals surface area (Å²) in [6.07, 6.45) is 2.38. The fourth-order valence-corrected chi connectivity index (χ4v) is 2.34. The molecule has 1 aliphatic heterocycles. The Morgan fingerprint density at radius 2 is 2.19 bits per heavy atom. The highest BCUT2D eigenvalue weighted by atomic mass is 16.5. The van der Waals surface area contributed by atoms with Gasteiger partial charge in [-0.05, 0) is 32.0 Å². The molecule has 0 fully saturated rings. The lowest BCUT2D eigenvalue weighted by molar-refractivity contribution is -0.116. The van der Waals surface area contributed by atoms with Crippen LogP contribution in [0.4, 0.5) is 0 Å². The molecule has 1 aliphatic rings. The van der Waals surface area contributed by atoms with Crippen LogP contribution in [0.2, 0.25) is 0 Å². The quantitative estimate of drug-likeness (QED) is 0.863. The number of benzene rings is 1. The SMILES string of the molecule is C=C1NC(=O)C=C(c2cc(C)ccc2OC)N1CCCN. The number of hydrogen-bond acceptors (Lipinski definition) is 4. The number of ether oxygens (including phenoxy) is 1. The van der Waals surface area contributed by atoms with Crippen molar-refractivity contribution in [3.8, 4) is 5.75 Å². The lowest BCUT2D eigenvalue weighted by atomic mass is 10.0. The molecule has 0 unspecified atom stereocenters. The number of aryl methyl sites for hydroxylation is 1. The molecule has 112 valence electrons. The first-order chi connectivity index (χ1) is 10.1. The van der Waals surface area contributed by atoms with E-state index in [1.165, 1.54) is 0 Å². The van der Waals surface area contributed by atoms with Gasteiger partial charge >= 0.3 is 0 Å². The Morgan fingerprint density at radius 1 is 1.43 bits per heavy atom. The third-order valence-electron chi connectivity index (χ3n) is 3.37. The molecule has 1 aromatic rings. The first-order valence-corrected chi connectivity index (χ1v) is 6.91. The van der Waals surface area contributed by atoms with Crippen molar-refractivity contribution in [2.24, 2.45) is 5.73 Å². The van der Waals surface area contributed by atoms with E-state index in [0.717, 1.165) is 29.0 Å². The normalized spacial score (nSPS) is 14.8. The number of amides is 1. The Bertz CT molecular complexity index is 593. The van der Waals surface area contributed by atoms with Gasteiger partial charge in [0.05, 0.1) is 12.8 Å². The van der Waals surface area contributed by atoms with Crippen LogP contribution in [0.15, 0.2) is 36.7 Å². The van der Waals surface area contributed by atoms with E-state index in [1.54, 1.807) is 13.2 Å². The molecule has 0 saturated carbocycles. The van der Waals surface area contributed by atoms with Crippen molar-refractivity contribution < 1.29 is 9.53 Å². The van der Waals surface area contributed by atoms with Crippen LogP contribution in [-0.4, -0.2) is 31.0 Å². The number of carbonyl (C=O) groups excluding carboxylic acids is 1. The lowest BCUT2D eigenvalue weighted by Crippen LogP contribution is -2.38. The molecule has 0 aromatic heterocycles. The molecule has 0 radical (unpaired) electrons. The predicted molar refractivity (Wildman–Crippen MR) is 83.4 cm³/mol. The molecule has 5 heteroatoms. The van der Waals surface area contributed by atoms with E-state index in [9.17, 15) is 4.79 Å². The third kappa shape index (κ3) is 3.25. The minimum Gasteiger partial charge on any atom is -0.496 e. The molecule has 0 aliphatic carbocycles. The third-order valence-corrected chi connectivity index (χ3v) is 3.37. The largest absolute Gasteiger partial charge is 0.496 e. The van der Waals surface area contributed by atoms with Crippen LogP contribution in [0.1, 0.15) is 17.5 Å². The van der Waals surface area contributed by atoms with Gasteiger partial charge in [0.1, 0.15) is 11.6 Å². The molecular formula is C16H21N3O2. The summed E-state index contributed by atoms with van der Waals surface area (Å²) >= 11 is 0. The molecule has 1 aromatic carbocycles. The maximum absolute atomic E-state index is 11.8. The van der Waals surface area contributed by atoms with E-state index in [1.807, 2.05) is 30.0 Å². The first kappa shape index (κ1) is 15.1. The number of carbonyl (C=O) groups is 1. The van der Waals surface area contributed by atoms with E-state index in [-0.39, 0.29) is 5.91 Å². The van der Waals surface area contributed by atoms with E-state index < -0.39 is 0 Å². The van der Waals surface area contributed by atoms with Gasteiger partial charge in [-0.15, -0.1) is 0 Å². The molecule has 21 heavy (non-hydrogen) atoms. The maximum atomic E-state index is 11.8. The second-order valence-corrected chi connectivity index (χ2v) is 4.96. The average Bonchev–Trinajstić information content (AvgIpc) is 2.45. The highest BCUT2D eigenvalue weighted by molar-refractivity contribution is 5.98. The van der Waals surface area contributed by atoms with Crippen molar-refractivity contribution in [3.63, 3.8) is 0 Å². The lowest BCUT2D eigenvalue weighted by Gasteiger charge is -2.33. The minimum absolute atomic E-state index is 0.178. The summed E-state index contributed by atoms with van der Waals surface area (Å²) in [5, 5.41) is 2.72. The van der Waals surface area contributed by atoms with Crippen molar-refractivity contribution in [1.82, 2.24) is 10.2 Å². The van der Waals surface area contributed by atoms with Crippen LogP contribution in [0.3, 0.4) is 0 Å². The van der Waals surface area contributed by atoms with Gasteiger partial charge in [-0.1, -0.05) is 18.2 Å². The molecule has 1 heterocycles. The van der Waals surface area contributed by atoms with Crippen LogP contribution in [-0.2, 0) is 4.79 Å². The summed E-state index contributed by atoms with van der Waals surface area (Å²) in [5.41, 5.74) is 8.36. The summed E-state index contributed by atoms with van der Waals surface area (Å²) in [4.78, 5) is 13.8. The van der Waals surface area contributed by atoms with Crippen molar-refractivity contribution in [2.45, 2.75) is 13.3 Å². The molecule has 1 amide bonds. The standard InChI is InChI=1S/C16H21N3O2/c1-11-5-6-15(21-3)13(9-11)14-10-16(20)18-12(2)19(14)8-4-7-17/h5-6,9-10H,2,4,7-8,17H2,1,3H3,(H,18,20). The number of nitrogens with two attached hydrogens (primary N) is 1. The maximum Gasteiger partial charge on any atom is 0.251 e. The number of hydrogen-bond donors (Lipinski definition) is 2. The highest BCUT2D eigenvalue weighted by Crippen LogP contribution is 2.32. The fourth-order valence-electron chi connectivity index (χ4n) is 2.34. The monoisotopic (exact) mass is 287 g/mol. The summed E-state index contributed by atoms with van der Waals surface area (Å²) in [5.74, 6) is 1.11. The fraction of sp³-hybridized carbons (Fsp3) is 0.312. The number of rotatable bonds is 5. The van der Waals surface area contributed by atoms with Crippen molar-refractivity contribution >= 4 is 11.6 Å². The molecule has 2 rings (SSSR count). The Morgan fingerprint density at radius 3 is 2.86 bits per heavy atom. The number of methoxy groups -OCH3 is 1. The molecule has 0 spiro atoms. The van der Waals surface area contributed by atoms with Gasteiger partial charge in [-0.2, -0.15) is 0 Å². The Labute approximate surface area is 125 Å². The van der Waals surface area contributed by atoms with E-state index in [4.69, 9.17) is 10.5 Å². The Hall–Kier alpha value is -2.27. The highest BCUT2D eigenvalue weighted by Gasteiger charge is 2.24. The van der Waals surface area contributed by atoms with Gasteiger partial charge in [-0.25, -0.2) is 0 Å². The van der Waals surface area contributed by atoms with Crippen LogP contribution >= 0.6 is 0 Å². The van der Waals surface area contributed by atoms with Crippen molar-refractivity contribution in [2.75, 3.05) is 20.2 Å². The number of nitrogens with one attached hydrogen (secondary N) is 1. The second-order valence-electron chi connectivity index (χ2n) is 4.96. The van der Waals surface area contributed by atoms with Gasteiger partial charge in [0.15, 0.2) is 0 Å². The van der Waals surface area contributed by atoms with Crippen LogP contribution in [0.5, 0.6) is 5.75 Å². The molecular weight excluding hydrogens is 266 g/mol.